The molecule has 3 aromatic rings. The number of anilines is 1. The van der Waals surface area contributed by atoms with Gasteiger partial charge in [-0.1, -0.05) is 6.07 Å². The molecule has 0 saturated carbocycles. The number of fused-ring (bicyclic) bond motifs is 1. The number of benzene rings is 2. The second-order valence-electron chi connectivity index (χ2n) is 7.85. The molecule has 0 aliphatic carbocycles. The second kappa shape index (κ2) is 8.46. The Morgan fingerprint density at radius 2 is 1.94 bits per heavy atom. The van der Waals surface area contributed by atoms with Crippen LogP contribution in [0.3, 0.4) is 0 Å². The molecule has 33 heavy (non-hydrogen) atoms. The maximum absolute atomic E-state index is 13.5. The fourth-order valence-corrected chi connectivity index (χ4v) is 4.00. The Morgan fingerprint density at radius 3 is 2.67 bits per heavy atom. The van der Waals surface area contributed by atoms with Crippen molar-refractivity contribution in [3.63, 3.8) is 0 Å². The summed E-state index contributed by atoms with van der Waals surface area (Å²) in [6, 6.07) is 12.4. The summed E-state index contributed by atoms with van der Waals surface area (Å²) in [5.74, 6) is 1.82. The molecule has 2 aliphatic rings. The lowest BCUT2D eigenvalue weighted by Crippen LogP contribution is -2.52. The number of imidazole rings is 1. The highest BCUT2D eigenvalue weighted by Gasteiger charge is 2.31. The van der Waals surface area contributed by atoms with Crippen LogP contribution in [0.5, 0.6) is 5.75 Å². The Labute approximate surface area is 191 Å². The zero-order valence-corrected chi connectivity index (χ0v) is 18.7. The van der Waals surface area contributed by atoms with E-state index in [4.69, 9.17) is 9.47 Å². The zero-order valence-electron chi connectivity index (χ0n) is 18.7. The average molecular weight is 445 g/mol. The monoisotopic (exact) mass is 445 g/mol. The van der Waals surface area contributed by atoms with E-state index in [1.807, 2.05) is 53.9 Å². The van der Waals surface area contributed by atoms with Crippen molar-refractivity contribution in [1.29, 1.82) is 0 Å². The maximum atomic E-state index is 13.5. The van der Waals surface area contributed by atoms with Crippen molar-refractivity contribution < 1.29 is 13.9 Å². The highest BCUT2D eigenvalue weighted by atomic mass is 19.1. The van der Waals surface area contributed by atoms with E-state index in [0.29, 0.717) is 24.7 Å². The normalized spacial score (nSPS) is 16.8. The summed E-state index contributed by atoms with van der Waals surface area (Å²) in [7, 11) is 1.65. The second-order valence-corrected chi connectivity index (χ2v) is 7.85. The molecule has 7 nitrogen and oxygen atoms in total. The van der Waals surface area contributed by atoms with E-state index in [9.17, 15) is 4.39 Å². The van der Waals surface area contributed by atoms with Gasteiger partial charge in [-0.2, -0.15) is 0 Å². The van der Waals surface area contributed by atoms with Crippen molar-refractivity contribution in [1.82, 2.24) is 14.6 Å². The zero-order chi connectivity index (χ0) is 22.9. The van der Waals surface area contributed by atoms with Crippen molar-refractivity contribution in [3.05, 3.63) is 89.7 Å². The number of amidine groups is 1. The van der Waals surface area contributed by atoms with Gasteiger partial charge in [-0.15, -0.1) is 0 Å². The molecule has 168 valence electrons. The van der Waals surface area contributed by atoms with Crippen molar-refractivity contribution in [2.45, 2.75) is 13.8 Å². The first-order valence-electron chi connectivity index (χ1n) is 10.6. The minimum Gasteiger partial charge on any atom is -0.495 e. The molecule has 0 radical (unpaired) electrons. The lowest BCUT2D eigenvalue weighted by Gasteiger charge is -2.43. The van der Waals surface area contributed by atoms with Crippen molar-refractivity contribution >= 4 is 17.6 Å². The number of methoxy groups -OCH3 is 1. The summed E-state index contributed by atoms with van der Waals surface area (Å²) < 4.78 is 27.0. The largest absolute Gasteiger partial charge is 0.495 e. The summed E-state index contributed by atoms with van der Waals surface area (Å²) in [5, 5.41) is 4.08. The number of aromatic nitrogens is 2. The van der Waals surface area contributed by atoms with Gasteiger partial charge in [-0.3, -0.25) is 10.0 Å². The molecule has 2 aliphatic heterocycles. The lowest BCUT2D eigenvalue weighted by molar-refractivity contribution is 0.167. The van der Waals surface area contributed by atoms with E-state index in [1.54, 1.807) is 31.8 Å². The SMILES string of the molecule is COc1cc(C=C2OCCN3C2=NC=C(C)N3c2ccc(F)cc2)ccc1-n1cnc(C)c1. The number of nitrogens with zero attached hydrogens (tertiary/aromatic N) is 5. The molecule has 2 aromatic carbocycles. The van der Waals surface area contributed by atoms with Gasteiger partial charge < -0.3 is 14.0 Å². The molecule has 0 unspecified atom stereocenters. The minimum absolute atomic E-state index is 0.267. The molecule has 0 spiro atoms. The number of hydrogen-bond acceptors (Lipinski definition) is 6. The van der Waals surface area contributed by atoms with Crippen LogP contribution in [0.1, 0.15) is 18.2 Å². The Morgan fingerprint density at radius 1 is 1.12 bits per heavy atom. The number of allylic oxidation sites excluding steroid dienone is 1. The predicted molar refractivity (Wildman–Crippen MR) is 126 cm³/mol. The van der Waals surface area contributed by atoms with E-state index in [1.165, 1.54) is 12.1 Å². The summed E-state index contributed by atoms with van der Waals surface area (Å²) in [4.78, 5) is 8.94. The summed E-state index contributed by atoms with van der Waals surface area (Å²) >= 11 is 0. The predicted octanol–water partition coefficient (Wildman–Crippen LogP) is 4.70. The lowest BCUT2D eigenvalue weighted by atomic mass is 10.1. The van der Waals surface area contributed by atoms with E-state index < -0.39 is 0 Å². The van der Waals surface area contributed by atoms with Gasteiger partial charge in [-0.05, 0) is 61.9 Å². The molecule has 8 heteroatoms. The Balaban J connectivity index is 1.48. The number of rotatable bonds is 4. The van der Waals surface area contributed by atoms with E-state index >= 15 is 0 Å². The number of morpholine rings is 1. The van der Waals surface area contributed by atoms with E-state index in [-0.39, 0.29) is 5.82 Å². The molecule has 1 fully saturated rings. The summed E-state index contributed by atoms with van der Waals surface area (Å²) in [5.41, 5.74) is 4.56. The standard InChI is InChI=1S/C25H24FN5O2/c1-17-15-29(16-28-17)22-9-4-19(12-23(22)32-3)13-24-25-27-14-18(2)31(30(25)10-11-33-24)21-7-5-20(26)6-8-21/h4-9,12-16H,10-11H2,1-3H3. The van der Waals surface area contributed by atoms with Gasteiger partial charge in [0.15, 0.2) is 11.6 Å². The summed E-state index contributed by atoms with van der Waals surface area (Å²) in [6.45, 7) is 5.05. The highest BCUT2D eigenvalue weighted by molar-refractivity contribution is 6.02. The third kappa shape index (κ3) is 3.95. The van der Waals surface area contributed by atoms with Crippen LogP contribution >= 0.6 is 0 Å². The molecule has 5 rings (SSSR count). The number of aliphatic imine (C=N–C) groups is 1. The molecule has 3 heterocycles. The Kier molecular flexibility index (Phi) is 5.34. The quantitative estimate of drug-likeness (QED) is 0.583. The van der Waals surface area contributed by atoms with Crippen molar-refractivity contribution in [2.24, 2.45) is 4.99 Å². The molecule has 0 atom stereocenters. The number of hydrazine groups is 1. The van der Waals surface area contributed by atoms with Crippen LogP contribution in [0.4, 0.5) is 10.1 Å². The third-order valence-corrected chi connectivity index (χ3v) is 5.54. The molecule has 0 N–H and O–H groups in total. The number of hydrogen-bond donors (Lipinski definition) is 0. The third-order valence-electron chi connectivity index (χ3n) is 5.54. The number of ether oxygens (including phenoxy) is 2. The first-order chi connectivity index (χ1) is 16.0. The smallest absolute Gasteiger partial charge is 0.190 e. The van der Waals surface area contributed by atoms with Crippen LogP contribution in [-0.2, 0) is 4.74 Å². The van der Waals surface area contributed by atoms with Crippen molar-refractivity contribution in [3.8, 4) is 11.4 Å². The van der Waals surface area contributed by atoms with Crippen LogP contribution in [-0.4, -0.2) is 40.7 Å². The topological polar surface area (TPSA) is 55.1 Å². The van der Waals surface area contributed by atoms with Gasteiger partial charge in [0.05, 0.1) is 48.9 Å². The Bertz CT molecular complexity index is 1280. The molecule has 0 bridgehead atoms. The highest BCUT2D eigenvalue weighted by Crippen LogP contribution is 2.31. The fourth-order valence-electron chi connectivity index (χ4n) is 4.00. The first kappa shape index (κ1) is 20.8. The average Bonchev–Trinajstić information content (AvgIpc) is 3.26. The van der Waals surface area contributed by atoms with Gasteiger partial charge in [0, 0.05) is 6.20 Å². The van der Waals surface area contributed by atoms with Crippen LogP contribution in [0.25, 0.3) is 11.8 Å². The first-order valence-corrected chi connectivity index (χ1v) is 10.6. The maximum Gasteiger partial charge on any atom is 0.190 e. The van der Waals surface area contributed by atoms with Crippen LogP contribution in [0, 0.1) is 12.7 Å². The van der Waals surface area contributed by atoms with Crippen LogP contribution in [0.15, 0.2) is 77.6 Å². The van der Waals surface area contributed by atoms with Crippen molar-refractivity contribution in [2.75, 3.05) is 25.3 Å². The summed E-state index contributed by atoms with van der Waals surface area (Å²) in [6.07, 6.45) is 7.47. The van der Waals surface area contributed by atoms with Gasteiger partial charge >= 0.3 is 0 Å². The molecule has 1 aromatic heterocycles. The Hall–Kier alpha value is -4.07. The van der Waals surface area contributed by atoms with Gasteiger partial charge in [-0.25, -0.2) is 14.4 Å². The number of halogens is 1. The minimum atomic E-state index is -0.267. The van der Waals surface area contributed by atoms with Gasteiger partial charge in [0.1, 0.15) is 18.2 Å². The van der Waals surface area contributed by atoms with Crippen LogP contribution in [0.2, 0.25) is 0 Å². The molecular weight excluding hydrogens is 421 g/mol. The number of aryl methyl sites for hydroxylation is 1. The van der Waals surface area contributed by atoms with Gasteiger partial charge in [0.2, 0.25) is 0 Å². The van der Waals surface area contributed by atoms with E-state index in [0.717, 1.165) is 34.1 Å². The molecule has 1 saturated heterocycles. The van der Waals surface area contributed by atoms with Gasteiger partial charge in [0.25, 0.3) is 0 Å². The molecular formula is C25H24FN5O2. The van der Waals surface area contributed by atoms with Crippen LogP contribution < -0.4 is 9.75 Å². The fraction of sp³-hybridized carbons (Fsp3) is 0.200. The molecule has 0 amide bonds. The van der Waals surface area contributed by atoms with E-state index in [2.05, 4.69) is 15.0 Å².